The number of amides is 1. The molecule has 264 valence electrons. The summed E-state index contributed by atoms with van der Waals surface area (Å²) in [4.78, 5) is 18.0. The molecule has 1 amide bonds. The molecule has 5 rings (SSSR count). The summed E-state index contributed by atoms with van der Waals surface area (Å²) in [5.74, 6) is -5.27. The molecule has 2 aromatic rings. The number of rotatable bonds is 15. The van der Waals surface area contributed by atoms with Gasteiger partial charge in [0.15, 0.2) is 0 Å². The summed E-state index contributed by atoms with van der Waals surface area (Å²) in [5.41, 5.74) is 2.38. The van der Waals surface area contributed by atoms with Crippen LogP contribution in [0.4, 0.5) is 17.6 Å². The minimum absolute atomic E-state index is 0.0898. The molecule has 2 N–H and O–H groups in total. The van der Waals surface area contributed by atoms with Gasteiger partial charge in [0.1, 0.15) is 12.6 Å². The number of imidazole rings is 1. The Hall–Kier alpha value is -1.83. The molecule has 1 aromatic heterocycles. The predicted octanol–water partition coefficient (Wildman–Crippen LogP) is 8.27. The van der Waals surface area contributed by atoms with E-state index in [9.17, 15) is 26.6 Å². The van der Waals surface area contributed by atoms with E-state index in [-0.39, 0.29) is 68.5 Å². The number of benzene rings is 1. The summed E-state index contributed by atoms with van der Waals surface area (Å²) in [6.07, 6.45) is 1.94. The second-order valence-electron chi connectivity index (χ2n) is 16.5. The predicted molar refractivity (Wildman–Crippen MR) is 180 cm³/mol. The fourth-order valence-corrected chi connectivity index (χ4v) is 8.27. The third kappa shape index (κ3) is 9.88. The molecule has 3 fully saturated rings. The van der Waals surface area contributed by atoms with Gasteiger partial charge >= 0.3 is 0 Å². The number of fused-ring (bicyclic) bond motifs is 1. The van der Waals surface area contributed by atoms with Crippen molar-refractivity contribution in [2.45, 2.75) is 140 Å². The van der Waals surface area contributed by atoms with Crippen LogP contribution >= 0.6 is 0 Å². The molecule has 0 radical (unpaired) electrons. The lowest BCUT2D eigenvalue weighted by Crippen LogP contribution is -2.39. The number of carbonyl (C=O) groups is 1. The van der Waals surface area contributed by atoms with Gasteiger partial charge in [0.05, 0.1) is 38.8 Å². The molecular formula is C34H52F4N4O3SSi. The molecule has 0 aliphatic heterocycles. The maximum atomic E-state index is 14.3. The first-order chi connectivity index (χ1) is 21.8. The lowest BCUT2D eigenvalue weighted by atomic mass is 9.79. The quantitative estimate of drug-likeness (QED) is 0.111. The van der Waals surface area contributed by atoms with Crippen LogP contribution in [0.15, 0.2) is 18.2 Å². The van der Waals surface area contributed by atoms with Gasteiger partial charge in [-0.3, -0.25) is 4.79 Å². The molecule has 0 saturated heterocycles. The largest absolute Gasteiger partial charge is 0.361 e. The van der Waals surface area contributed by atoms with E-state index in [2.05, 4.69) is 29.7 Å². The number of aromatic nitrogens is 2. The average Bonchev–Trinajstić information content (AvgIpc) is 3.62. The van der Waals surface area contributed by atoms with Gasteiger partial charge in [-0.2, -0.15) is 0 Å². The molecule has 3 aliphatic carbocycles. The van der Waals surface area contributed by atoms with Crippen molar-refractivity contribution < 1.29 is 31.3 Å². The van der Waals surface area contributed by atoms with Crippen LogP contribution in [0.25, 0.3) is 11.0 Å². The molecule has 1 aromatic carbocycles. The summed E-state index contributed by atoms with van der Waals surface area (Å²) in [6.45, 7) is 13.2. The van der Waals surface area contributed by atoms with Crippen molar-refractivity contribution >= 4 is 36.0 Å². The molecule has 0 spiro atoms. The third-order valence-electron chi connectivity index (χ3n) is 9.63. The zero-order valence-electron chi connectivity index (χ0n) is 28.6. The Morgan fingerprint density at radius 3 is 2.34 bits per heavy atom. The number of alkyl halides is 4. The van der Waals surface area contributed by atoms with Crippen molar-refractivity contribution in [2.75, 3.05) is 6.61 Å². The maximum absolute atomic E-state index is 14.3. The van der Waals surface area contributed by atoms with E-state index in [0.717, 1.165) is 30.0 Å². The van der Waals surface area contributed by atoms with Crippen LogP contribution in [-0.4, -0.2) is 50.9 Å². The lowest BCUT2D eigenvalue weighted by Gasteiger charge is -2.34. The Labute approximate surface area is 280 Å². The topological polar surface area (TPSA) is 85.3 Å². The van der Waals surface area contributed by atoms with Gasteiger partial charge < -0.3 is 14.6 Å². The lowest BCUT2D eigenvalue weighted by molar-refractivity contribution is -0.134. The van der Waals surface area contributed by atoms with Gasteiger partial charge in [0.2, 0.25) is 17.8 Å². The van der Waals surface area contributed by atoms with E-state index < -0.39 is 41.7 Å². The number of hydrogen-bond acceptors (Lipinski definition) is 4. The first-order valence-corrected chi connectivity index (χ1v) is 22.0. The monoisotopic (exact) mass is 700 g/mol. The fourth-order valence-electron chi connectivity index (χ4n) is 6.70. The Balaban J connectivity index is 1.46. The van der Waals surface area contributed by atoms with Gasteiger partial charge in [-0.15, -0.1) is 0 Å². The maximum Gasteiger partial charge on any atom is 0.248 e. The highest BCUT2D eigenvalue weighted by atomic mass is 32.2. The Bertz CT molecular complexity index is 1450. The number of hydrogen-bond donors (Lipinski definition) is 2. The minimum atomic E-state index is -2.70. The van der Waals surface area contributed by atoms with Gasteiger partial charge in [-0.25, -0.2) is 31.5 Å². The third-order valence-corrected chi connectivity index (χ3v) is 12.9. The smallest absolute Gasteiger partial charge is 0.248 e. The molecule has 1 heterocycles. The number of carbonyl (C=O) groups excluding carboxylic acids is 1. The second-order valence-corrected chi connectivity index (χ2v) is 24.1. The molecule has 13 heteroatoms. The van der Waals surface area contributed by atoms with Crippen molar-refractivity contribution in [1.29, 1.82) is 0 Å². The number of nitrogens with zero attached hydrogens (tertiary/aromatic N) is 2. The zero-order valence-corrected chi connectivity index (χ0v) is 30.5. The Kier molecular flexibility index (Phi) is 10.7. The molecule has 0 bridgehead atoms. The van der Waals surface area contributed by atoms with Gasteiger partial charge in [0, 0.05) is 46.8 Å². The summed E-state index contributed by atoms with van der Waals surface area (Å²) in [5, 5.41) is 3.14. The standard InChI is InChI=1S/C34H52F4N4O3SSi/c1-32(2,3)46(44)41-27(15-22-11-12-33(35,36)18-22)31-39-26-10-9-25(17-28(26)42(31)21-45-13-14-47(4,5)6)30(24-7-8-24)40-29(43)16-23-19-34(37,38)20-23/h9-10,17,22-24,27,30,41H,7-8,11-16,18-21H2,1-6H3,(H,40,43)/t22-,27+,30-,46-/m1/s1. The first kappa shape index (κ1) is 36.4. The molecular weight excluding hydrogens is 649 g/mol. The Morgan fingerprint density at radius 2 is 1.77 bits per heavy atom. The van der Waals surface area contributed by atoms with Crippen molar-refractivity contribution in [3.05, 3.63) is 29.6 Å². The summed E-state index contributed by atoms with van der Waals surface area (Å²) >= 11 is 0. The average molecular weight is 701 g/mol. The number of nitrogens with one attached hydrogen (secondary N) is 2. The van der Waals surface area contributed by atoms with Gasteiger partial charge in [-0.1, -0.05) is 25.7 Å². The fraction of sp³-hybridized carbons (Fsp3) is 0.765. The first-order valence-electron chi connectivity index (χ1n) is 17.1. The van der Waals surface area contributed by atoms with E-state index in [1.807, 2.05) is 43.5 Å². The SMILES string of the molecule is CC(C)(C)[S@@](=O)N[C@@H](C[C@H]1CCC(F)(F)C1)c1nc2ccc([C@H](NC(=O)CC3CC(F)(F)C3)C3CC3)cc2n1COCC[Si](C)(C)C. The van der Waals surface area contributed by atoms with E-state index in [4.69, 9.17) is 9.72 Å². The highest BCUT2D eigenvalue weighted by Crippen LogP contribution is 2.46. The van der Waals surface area contributed by atoms with Crippen LogP contribution in [0.1, 0.15) is 102 Å². The van der Waals surface area contributed by atoms with E-state index >= 15 is 0 Å². The van der Waals surface area contributed by atoms with Crippen molar-refractivity contribution in [1.82, 2.24) is 19.6 Å². The van der Waals surface area contributed by atoms with E-state index in [1.54, 1.807) is 0 Å². The van der Waals surface area contributed by atoms with Gasteiger partial charge in [-0.05, 0) is 87.9 Å². The second kappa shape index (κ2) is 13.8. The highest BCUT2D eigenvalue weighted by molar-refractivity contribution is 7.84. The van der Waals surface area contributed by atoms with Crippen LogP contribution < -0.4 is 10.0 Å². The van der Waals surface area contributed by atoms with Crippen molar-refractivity contribution in [2.24, 2.45) is 17.8 Å². The van der Waals surface area contributed by atoms with Crippen LogP contribution in [0.2, 0.25) is 25.7 Å². The molecule has 3 saturated carbocycles. The van der Waals surface area contributed by atoms with Crippen molar-refractivity contribution in [3.8, 4) is 0 Å². The van der Waals surface area contributed by atoms with Crippen molar-refractivity contribution in [3.63, 3.8) is 0 Å². The molecule has 4 atom stereocenters. The summed E-state index contributed by atoms with van der Waals surface area (Å²) < 4.78 is 79.6. The minimum Gasteiger partial charge on any atom is -0.361 e. The van der Waals surface area contributed by atoms with E-state index in [0.29, 0.717) is 30.8 Å². The Morgan fingerprint density at radius 1 is 1.09 bits per heavy atom. The molecule has 0 unspecified atom stereocenters. The molecule has 47 heavy (non-hydrogen) atoms. The number of ether oxygens (including phenoxy) is 1. The zero-order chi connectivity index (χ0) is 34.4. The number of halogens is 4. The van der Waals surface area contributed by atoms with Crippen LogP contribution in [0.5, 0.6) is 0 Å². The summed E-state index contributed by atoms with van der Waals surface area (Å²) in [7, 11) is -2.85. The molecule has 3 aliphatic rings. The van der Waals surface area contributed by atoms with Gasteiger partial charge in [0.25, 0.3) is 0 Å². The van der Waals surface area contributed by atoms with Crippen LogP contribution in [0.3, 0.4) is 0 Å². The van der Waals surface area contributed by atoms with Crippen LogP contribution in [-0.2, 0) is 27.2 Å². The van der Waals surface area contributed by atoms with E-state index in [1.165, 1.54) is 0 Å². The van der Waals surface area contributed by atoms with Crippen LogP contribution in [0, 0.1) is 17.8 Å². The summed E-state index contributed by atoms with van der Waals surface area (Å²) in [6, 6.07) is 6.03. The normalized spacial score (nSPS) is 23.4. The highest BCUT2D eigenvalue weighted by Gasteiger charge is 2.46. The molecule has 7 nitrogen and oxygen atoms in total.